The van der Waals surface area contributed by atoms with Crippen molar-refractivity contribution in [2.24, 2.45) is 0 Å². The smallest absolute Gasteiger partial charge is 0.355 e. The minimum absolute atomic E-state index is 0.0904. The summed E-state index contributed by atoms with van der Waals surface area (Å²) < 4.78 is 0.744. The van der Waals surface area contributed by atoms with Crippen molar-refractivity contribution < 1.29 is 14.7 Å². The topological polar surface area (TPSA) is 77.0 Å². The van der Waals surface area contributed by atoms with Gasteiger partial charge in [-0.3, -0.25) is 9.69 Å². The number of aryl methyl sites for hydroxylation is 2. The van der Waals surface area contributed by atoms with E-state index in [1.165, 1.54) is 39.9 Å². The molecule has 32 heavy (non-hydrogen) atoms. The van der Waals surface area contributed by atoms with E-state index in [9.17, 15) is 9.59 Å². The van der Waals surface area contributed by atoms with E-state index in [1.807, 2.05) is 4.90 Å². The van der Waals surface area contributed by atoms with Crippen LogP contribution in [0.4, 0.5) is 5.69 Å². The highest BCUT2D eigenvalue weighted by Crippen LogP contribution is 2.26. The van der Waals surface area contributed by atoms with E-state index in [4.69, 9.17) is 5.11 Å². The molecule has 9 heteroatoms. The quantitative estimate of drug-likeness (QED) is 0.588. The van der Waals surface area contributed by atoms with Gasteiger partial charge in [-0.1, -0.05) is 29.5 Å². The van der Waals surface area contributed by atoms with Crippen LogP contribution in [0.25, 0.3) is 0 Å². The fourth-order valence-corrected chi connectivity index (χ4v) is 6.38. The van der Waals surface area contributed by atoms with Crippen molar-refractivity contribution in [3.05, 3.63) is 40.4 Å². The van der Waals surface area contributed by atoms with Gasteiger partial charge in [-0.25, -0.2) is 9.78 Å². The van der Waals surface area contributed by atoms with E-state index in [-0.39, 0.29) is 17.6 Å². The predicted molar refractivity (Wildman–Crippen MR) is 129 cm³/mol. The van der Waals surface area contributed by atoms with E-state index < -0.39 is 5.97 Å². The average molecular weight is 475 g/mol. The summed E-state index contributed by atoms with van der Waals surface area (Å²) >= 11 is 2.87. The van der Waals surface area contributed by atoms with Gasteiger partial charge in [0, 0.05) is 68.6 Å². The Morgan fingerprint density at radius 3 is 2.72 bits per heavy atom. The molecule has 2 fully saturated rings. The van der Waals surface area contributed by atoms with Crippen LogP contribution in [0.5, 0.6) is 0 Å². The molecule has 1 N–H and O–H groups in total. The maximum absolute atomic E-state index is 12.5. The lowest BCUT2D eigenvalue weighted by molar-refractivity contribution is -0.128. The van der Waals surface area contributed by atoms with Crippen molar-refractivity contribution >= 4 is 40.7 Å². The number of hydrogen-bond acceptors (Lipinski definition) is 7. The van der Waals surface area contributed by atoms with E-state index in [1.54, 1.807) is 5.38 Å². The lowest BCUT2D eigenvalue weighted by atomic mass is 10.1. The summed E-state index contributed by atoms with van der Waals surface area (Å²) in [6.45, 7) is 9.97. The molecule has 172 valence electrons. The standard InChI is InChI=1S/C23H30N4O3S2/c1-16-3-5-20(17(2)13-16)26-9-7-25(8-10-26)14-18-4-6-21(28)27(18)11-12-31-23-24-19(15-32-23)22(29)30/h3,5,13,15,18H,4,6-12,14H2,1-2H3,(H,29,30). The number of anilines is 1. The molecule has 2 aromatic rings. The third-order valence-corrected chi connectivity index (χ3v) is 8.25. The van der Waals surface area contributed by atoms with Crippen LogP contribution in [0.15, 0.2) is 27.9 Å². The zero-order valence-corrected chi connectivity index (χ0v) is 20.3. The number of piperazine rings is 1. The number of carbonyl (C=O) groups is 2. The van der Waals surface area contributed by atoms with Crippen molar-refractivity contribution in [2.75, 3.05) is 49.9 Å². The minimum atomic E-state index is -1.000. The lowest BCUT2D eigenvalue weighted by Gasteiger charge is -2.39. The molecule has 1 unspecified atom stereocenters. The summed E-state index contributed by atoms with van der Waals surface area (Å²) in [4.78, 5) is 34.5. The SMILES string of the molecule is Cc1ccc(N2CCN(CC3CCC(=O)N3CCSc3nc(C(=O)O)cs3)CC2)c(C)c1. The van der Waals surface area contributed by atoms with Crippen LogP contribution >= 0.6 is 23.1 Å². The van der Waals surface area contributed by atoms with Gasteiger partial charge in [0.1, 0.15) is 0 Å². The van der Waals surface area contributed by atoms with Crippen molar-refractivity contribution in [1.29, 1.82) is 0 Å². The summed E-state index contributed by atoms with van der Waals surface area (Å²) in [7, 11) is 0. The number of thioether (sulfide) groups is 1. The lowest BCUT2D eigenvalue weighted by Crippen LogP contribution is -2.51. The Labute approximate surface area is 197 Å². The van der Waals surface area contributed by atoms with Crippen LogP contribution in [0.3, 0.4) is 0 Å². The van der Waals surface area contributed by atoms with Gasteiger partial charge in [0.15, 0.2) is 10.0 Å². The number of likely N-dealkylation sites (tertiary alicyclic amines) is 1. The maximum Gasteiger partial charge on any atom is 0.355 e. The molecule has 0 bridgehead atoms. The highest BCUT2D eigenvalue weighted by atomic mass is 32.2. The molecule has 1 atom stereocenters. The number of carboxylic acids is 1. The molecule has 1 aromatic carbocycles. The minimum Gasteiger partial charge on any atom is -0.476 e. The highest BCUT2D eigenvalue weighted by Gasteiger charge is 2.32. The van der Waals surface area contributed by atoms with Gasteiger partial charge in [0.25, 0.3) is 0 Å². The Bertz CT molecular complexity index is 972. The molecule has 1 amide bonds. The predicted octanol–water partition coefficient (Wildman–Crippen LogP) is 3.36. The van der Waals surface area contributed by atoms with Crippen molar-refractivity contribution in [3.8, 4) is 0 Å². The second kappa shape index (κ2) is 10.2. The molecular formula is C23H30N4O3S2. The molecule has 2 aliphatic heterocycles. The van der Waals surface area contributed by atoms with Crippen molar-refractivity contribution in [1.82, 2.24) is 14.8 Å². The number of aromatic nitrogens is 1. The molecule has 2 saturated heterocycles. The number of rotatable bonds is 8. The summed E-state index contributed by atoms with van der Waals surface area (Å²) in [5.41, 5.74) is 4.05. The zero-order chi connectivity index (χ0) is 22.7. The summed E-state index contributed by atoms with van der Waals surface area (Å²) in [6.07, 6.45) is 1.54. The number of thiazole rings is 1. The van der Waals surface area contributed by atoms with Crippen LogP contribution in [0, 0.1) is 13.8 Å². The summed E-state index contributed by atoms with van der Waals surface area (Å²) in [5.74, 6) is -0.0367. The monoisotopic (exact) mass is 474 g/mol. The number of benzene rings is 1. The number of nitrogens with zero attached hydrogens (tertiary/aromatic N) is 4. The molecular weight excluding hydrogens is 444 g/mol. The molecule has 1 aromatic heterocycles. The molecule has 2 aliphatic rings. The summed E-state index contributed by atoms with van der Waals surface area (Å²) in [5, 5.41) is 10.6. The van der Waals surface area contributed by atoms with Crippen molar-refractivity contribution in [2.45, 2.75) is 37.1 Å². The van der Waals surface area contributed by atoms with E-state index in [0.717, 1.165) is 49.2 Å². The van der Waals surface area contributed by atoms with Crippen LogP contribution in [0.2, 0.25) is 0 Å². The van der Waals surface area contributed by atoms with E-state index in [2.05, 4.69) is 46.8 Å². The zero-order valence-electron chi connectivity index (χ0n) is 18.6. The first-order valence-electron chi connectivity index (χ1n) is 11.1. The Morgan fingerprint density at radius 2 is 2.03 bits per heavy atom. The fourth-order valence-electron chi connectivity index (χ4n) is 4.57. The normalized spacial score (nSPS) is 19.7. The first-order valence-corrected chi connectivity index (χ1v) is 12.9. The summed E-state index contributed by atoms with van der Waals surface area (Å²) in [6, 6.07) is 6.93. The van der Waals surface area contributed by atoms with Gasteiger partial charge in [-0.05, 0) is 31.9 Å². The Hall–Kier alpha value is -2.10. The number of amides is 1. The molecule has 7 nitrogen and oxygen atoms in total. The molecule has 0 saturated carbocycles. The fraction of sp³-hybridized carbons (Fsp3) is 0.522. The largest absolute Gasteiger partial charge is 0.476 e. The third-order valence-electron chi connectivity index (χ3n) is 6.25. The number of carbonyl (C=O) groups excluding carboxylic acids is 1. The van der Waals surface area contributed by atoms with Crippen LogP contribution < -0.4 is 4.90 Å². The maximum atomic E-state index is 12.5. The molecule has 0 spiro atoms. The van der Waals surface area contributed by atoms with Crippen molar-refractivity contribution in [3.63, 3.8) is 0 Å². The number of carboxylic acid groups (broad SMARTS) is 1. The van der Waals surface area contributed by atoms with Gasteiger partial charge in [0.2, 0.25) is 5.91 Å². The first kappa shape index (κ1) is 23.1. The second-order valence-corrected chi connectivity index (χ2v) is 10.7. The Morgan fingerprint density at radius 1 is 1.25 bits per heavy atom. The Kier molecular flexibility index (Phi) is 7.37. The molecule has 0 aliphatic carbocycles. The number of aromatic carboxylic acids is 1. The first-order chi connectivity index (χ1) is 15.4. The van der Waals surface area contributed by atoms with Crippen LogP contribution in [-0.4, -0.2) is 82.8 Å². The molecule has 0 radical (unpaired) electrons. The third kappa shape index (κ3) is 5.44. The van der Waals surface area contributed by atoms with E-state index >= 15 is 0 Å². The molecule has 4 rings (SSSR count). The molecule has 3 heterocycles. The van der Waals surface area contributed by atoms with Crippen LogP contribution in [0.1, 0.15) is 34.5 Å². The van der Waals surface area contributed by atoms with Gasteiger partial charge < -0.3 is 14.9 Å². The highest BCUT2D eigenvalue weighted by molar-refractivity contribution is 8.01. The number of hydrogen-bond donors (Lipinski definition) is 1. The van der Waals surface area contributed by atoms with Gasteiger partial charge >= 0.3 is 5.97 Å². The van der Waals surface area contributed by atoms with Gasteiger partial charge in [-0.15, -0.1) is 11.3 Å². The van der Waals surface area contributed by atoms with E-state index in [0.29, 0.717) is 13.0 Å². The van der Waals surface area contributed by atoms with Crippen LogP contribution in [-0.2, 0) is 4.79 Å². The second-order valence-electron chi connectivity index (χ2n) is 8.51. The average Bonchev–Trinajstić information content (AvgIpc) is 3.37. The van der Waals surface area contributed by atoms with Gasteiger partial charge in [-0.2, -0.15) is 0 Å². The van der Waals surface area contributed by atoms with Gasteiger partial charge in [0.05, 0.1) is 0 Å². The Balaban J connectivity index is 1.26.